The Hall–Kier alpha value is -1.75. The molecule has 0 fully saturated rings. The second kappa shape index (κ2) is 7.10. The van der Waals surface area contributed by atoms with Crippen molar-refractivity contribution in [2.75, 3.05) is 12.4 Å². The number of carbonyl (C=O) groups excluding carboxylic acids is 1. The van der Waals surface area contributed by atoms with Crippen LogP contribution in [0.2, 0.25) is 5.02 Å². The lowest BCUT2D eigenvalue weighted by molar-refractivity contribution is -0.113. The summed E-state index contributed by atoms with van der Waals surface area (Å²) in [5.41, 5.74) is 0.261. The summed E-state index contributed by atoms with van der Waals surface area (Å²) in [6.45, 7) is 0. The molecule has 0 unspecified atom stereocenters. The standard InChI is InChI=1S/C15H10BrClFN3O3S2/c1-21-13(15(22)19-9-2-3-11(18)10(17)5-9)6-12(20-26(21,23)24)14-4-8(16)7-25-14/h2-7H,1H3,(H,19,22). The van der Waals surface area contributed by atoms with Crippen LogP contribution in [0.15, 0.2) is 50.3 Å². The number of nitrogens with one attached hydrogen (secondary N) is 1. The number of halogens is 3. The summed E-state index contributed by atoms with van der Waals surface area (Å²) in [5.74, 6) is -1.32. The minimum absolute atomic E-state index is 0.125. The van der Waals surface area contributed by atoms with E-state index in [9.17, 15) is 17.6 Å². The summed E-state index contributed by atoms with van der Waals surface area (Å²) >= 11 is 10.3. The van der Waals surface area contributed by atoms with Gasteiger partial charge in [0, 0.05) is 22.6 Å². The van der Waals surface area contributed by atoms with Crippen LogP contribution in [-0.4, -0.2) is 31.4 Å². The summed E-state index contributed by atoms with van der Waals surface area (Å²) in [4.78, 5) is 13.1. The van der Waals surface area contributed by atoms with Crippen molar-refractivity contribution in [2.45, 2.75) is 0 Å². The van der Waals surface area contributed by atoms with E-state index in [1.807, 2.05) is 0 Å². The number of likely N-dealkylation sites (N-methyl/N-ethyl adjacent to an activating group) is 1. The lowest BCUT2D eigenvalue weighted by atomic mass is 10.2. The number of carbonyl (C=O) groups is 1. The molecule has 0 atom stereocenters. The molecule has 136 valence electrons. The number of thiophene rings is 1. The normalized spacial score (nSPS) is 16.1. The maximum Gasteiger partial charge on any atom is 0.345 e. The Kier molecular flexibility index (Phi) is 5.20. The van der Waals surface area contributed by atoms with Crippen molar-refractivity contribution in [1.82, 2.24) is 4.31 Å². The van der Waals surface area contributed by atoms with E-state index in [1.165, 1.54) is 36.6 Å². The zero-order chi connectivity index (χ0) is 19.1. The number of rotatable bonds is 3. The van der Waals surface area contributed by atoms with Gasteiger partial charge in [0.1, 0.15) is 11.5 Å². The molecular formula is C15H10BrClFN3O3S2. The summed E-state index contributed by atoms with van der Waals surface area (Å²) in [6, 6.07) is 5.36. The fourth-order valence-electron chi connectivity index (χ4n) is 2.10. The predicted octanol–water partition coefficient (Wildman–Crippen LogP) is 3.81. The highest BCUT2D eigenvalue weighted by atomic mass is 79.9. The molecule has 1 aromatic heterocycles. The Morgan fingerprint density at radius 1 is 1.38 bits per heavy atom. The van der Waals surface area contributed by atoms with Crippen LogP contribution in [-0.2, 0) is 15.0 Å². The molecule has 2 heterocycles. The van der Waals surface area contributed by atoms with E-state index in [0.717, 1.165) is 14.8 Å². The SMILES string of the molecule is CN1C(C(=O)Nc2ccc(F)c(Cl)c2)=CC(c2cc(Br)cs2)=NS1(=O)=O. The molecule has 1 aromatic carbocycles. The van der Waals surface area contributed by atoms with E-state index in [0.29, 0.717) is 4.88 Å². The summed E-state index contributed by atoms with van der Waals surface area (Å²) in [5, 5.41) is 4.11. The summed E-state index contributed by atoms with van der Waals surface area (Å²) < 4.78 is 43.1. The molecule has 0 bridgehead atoms. The van der Waals surface area contributed by atoms with Gasteiger partial charge in [-0.1, -0.05) is 11.6 Å². The van der Waals surface area contributed by atoms with Crippen molar-refractivity contribution in [1.29, 1.82) is 0 Å². The smallest absolute Gasteiger partial charge is 0.321 e. The number of hydrogen-bond acceptors (Lipinski definition) is 4. The molecule has 11 heteroatoms. The molecule has 0 radical (unpaired) electrons. The largest absolute Gasteiger partial charge is 0.345 e. The van der Waals surface area contributed by atoms with Gasteiger partial charge < -0.3 is 5.32 Å². The first kappa shape index (κ1) is 19.0. The number of amides is 1. The van der Waals surface area contributed by atoms with E-state index < -0.39 is 21.9 Å². The first-order valence-corrected chi connectivity index (χ1v) is 10.4. The first-order valence-electron chi connectivity index (χ1n) is 6.99. The monoisotopic (exact) mass is 477 g/mol. The average Bonchev–Trinajstić information content (AvgIpc) is 2.99. The molecule has 2 aromatic rings. The summed E-state index contributed by atoms with van der Waals surface area (Å²) in [6.07, 6.45) is 1.37. The summed E-state index contributed by atoms with van der Waals surface area (Å²) in [7, 11) is -2.83. The fraction of sp³-hybridized carbons (Fsp3) is 0.0667. The number of allylic oxidation sites excluding steroid dienone is 1. The minimum Gasteiger partial charge on any atom is -0.321 e. The lowest BCUT2D eigenvalue weighted by Gasteiger charge is -2.23. The first-order chi connectivity index (χ1) is 12.2. The van der Waals surface area contributed by atoms with E-state index >= 15 is 0 Å². The van der Waals surface area contributed by atoms with Gasteiger partial charge in [-0.3, -0.25) is 4.79 Å². The van der Waals surface area contributed by atoms with E-state index in [2.05, 4.69) is 25.6 Å². The van der Waals surface area contributed by atoms with Crippen LogP contribution in [0.1, 0.15) is 4.88 Å². The van der Waals surface area contributed by atoms with Crippen molar-refractivity contribution >= 4 is 66.4 Å². The second-order valence-corrected chi connectivity index (χ2v) is 9.02. The Morgan fingerprint density at radius 3 is 2.73 bits per heavy atom. The molecule has 26 heavy (non-hydrogen) atoms. The molecule has 1 aliphatic rings. The minimum atomic E-state index is -4.05. The molecule has 1 amide bonds. The Morgan fingerprint density at radius 2 is 2.12 bits per heavy atom. The lowest BCUT2D eigenvalue weighted by Crippen LogP contribution is -2.35. The maximum atomic E-state index is 13.2. The van der Waals surface area contributed by atoms with Gasteiger partial charge in [0.2, 0.25) is 0 Å². The van der Waals surface area contributed by atoms with Gasteiger partial charge in [0.25, 0.3) is 5.91 Å². The molecule has 0 saturated heterocycles. The molecule has 0 saturated carbocycles. The highest BCUT2D eigenvalue weighted by Crippen LogP contribution is 2.26. The van der Waals surface area contributed by atoms with Gasteiger partial charge in [-0.15, -0.1) is 15.7 Å². The van der Waals surface area contributed by atoms with Gasteiger partial charge in [-0.25, -0.2) is 8.70 Å². The van der Waals surface area contributed by atoms with Crippen LogP contribution in [0.25, 0.3) is 0 Å². The molecule has 6 nitrogen and oxygen atoms in total. The molecule has 1 aliphatic heterocycles. The Bertz CT molecular complexity index is 1070. The Labute approximate surface area is 166 Å². The van der Waals surface area contributed by atoms with Crippen LogP contribution >= 0.6 is 38.9 Å². The van der Waals surface area contributed by atoms with Gasteiger partial charge in [0.05, 0.1) is 15.6 Å². The van der Waals surface area contributed by atoms with Gasteiger partial charge in [0.15, 0.2) is 0 Å². The zero-order valence-corrected chi connectivity index (χ0v) is 17.0. The van der Waals surface area contributed by atoms with Gasteiger partial charge in [-0.2, -0.15) is 8.42 Å². The van der Waals surface area contributed by atoms with Crippen LogP contribution in [0.5, 0.6) is 0 Å². The quantitative estimate of drug-likeness (QED) is 0.729. The molecule has 0 spiro atoms. The van der Waals surface area contributed by atoms with Crippen molar-refractivity contribution in [3.63, 3.8) is 0 Å². The zero-order valence-electron chi connectivity index (χ0n) is 13.0. The maximum absolute atomic E-state index is 13.2. The third-order valence-electron chi connectivity index (χ3n) is 3.40. The number of hydrogen-bond donors (Lipinski definition) is 1. The fourth-order valence-corrected chi connectivity index (χ4v) is 4.63. The molecular weight excluding hydrogens is 469 g/mol. The van der Waals surface area contributed by atoms with E-state index in [-0.39, 0.29) is 22.1 Å². The number of anilines is 1. The molecule has 3 rings (SSSR count). The molecule has 0 aliphatic carbocycles. The van der Waals surface area contributed by atoms with Crippen molar-refractivity contribution in [3.8, 4) is 0 Å². The highest BCUT2D eigenvalue weighted by Gasteiger charge is 2.30. The van der Waals surface area contributed by atoms with E-state index in [4.69, 9.17) is 11.6 Å². The van der Waals surface area contributed by atoms with Crippen molar-refractivity contribution in [2.24, 2.45) is 4.40 Å². The van der Waals surface area contributed by atoms with Crippen LogP contribution in [0.3, 0.4) is 0 Å². The van der Waals surface area contributed by atoms with E-state index in [1.54, 1.807) is 11.4 Å². The average molecular weight is 479 g/mol. The van der Waals surface area contributed by atoms with Crippen LogP contribution < -0.4 is 5.32 Å². The topological polar surface area (TPSA) is 78.8 Å². The third kappa shape index (κ3) is 3.83. The van der Waals surface area contributed by atoms with Crippen LogP contribution in [0, 0.1) is 5.82 Å². The third-order valence-corrected chi connectivity index (χ3v) is 6.72. The van der Waals surface area contributed by atoms with Crippen molar-refractivity contribution < 1.29 is 17.6 Å². The molecule has 1 N–H and O–H groups in total. The van der Waals surface area contributed by atoms with Crippen LogP contribution in [0.4, 0.5) is 10.1 Å². The van der Waals surface area contributed by atoms with Gasteiger partial charge >= 0.3 is 10.2 Å². The number of nitrogens with zero attached hydrogens (tertiary/aromatic N) is 2. The second-order valence-electron chi connectivity index (χ2n) is 5.16. The van der Waals surface area contributed by atoms with Crippen molar-refractivity contribution in [3.05, 3.63) is 61.6 Å². The van der Waals surface area contributed by atoms with Gasteiger partial charge in [-0.05, 0) is 46.3 Å². The number of benzene rings is 1. The predicted molar refractivity (Wildman–Crippen MR) is 103 cm³/mol. The Balaban J connectivity index is 1.95. The highest BCUT2D eigenvalue weighted by molar-refractivity contribution is 9.10.